The van der Waals surface area contributed by atoms with E-state index in [4.69, 9.17) is 0 Å². The molecule has 2 N–H and O–H groups in total. The van der Waals surface area contributed by atoms with Gasteiger partial charge in [-0.3, -0.25) is 19.5 Å². The summed E-state index contributed by atoms with van der Waals surface area (Å²) in [6.45, 7) is 1.42. The largest absolute Gasteiger partial charge is 0.481 e. The van der Waals surface area contributed by atoms with E-state index >= 15 is 0 Å². The van der Waals surface area contributed by atoms with Gasteiger partial charge in [0.25, 0.3) is 5.91 Å². The summed E-state index contributed by atoms with van der Waals surface area (Å²) in [7, 11) is 0. The number of pyridine rings is 2. The minimum Gasteiger partial charge on any atom is -0.481 e. The molecule has 0 aliphatic carbocycles. The van der Waals surface area contributed by atoms with E-state index in [-0.39, 0.29) is 55.2 Å². The third-order valence-corrected chi connectivity index (χ3v) is 7.38. The van der Waals surface area contributed by atoms with Gasteiger partial charge in [0.05, 0.1) is 18.3 Å². The zero-order chi connectivity index (χ0) is 28.3. The van der Waals surface area contributed by atoms with Crippen molar-refractivity contribution in [2.75, 3.05) is 29.9 Å². The molecule has 0 saturated carbocycles. The average molecular weight is 628 g/mol. The molecule has 2 aliphatic heterocycles. The van der Waals surface area contributed by atoms with Gasteiger partial charge in [-0.1, -0.05) is 0 Å². The van der Waals surface area contributed by atoms with Crippen molar-refractivity contribution in [1.29, 1.82) is 0 Å². The molecule has 42 heavy (non-hydrogen) atoms. The number of halogens is 5. The molecule has 10 nitrogen and oxygen atoms in total. The van der Waals surface area contributed by atoms with E-state index in [1.54, 1.807) is 30.6 Å². The van der Waals surface area contributed by atoms with E-state index in [1.807, 2.05) is 4.90 Å². The molecule has 2 fully saturated rings. The van der Waals surface area contributed by atoms with Crippen molar-refractivity contribution in [3.8, 4) is 11.1 Å². The van der Waals surface area contributed by atoms with Gasteiger partial charge in [0.1, 0.15) is 23.4 Å². The molecule has 5 rings (SSSR count). The van der Waals surface area contributed by atoms with Gasteiger partial charge in [-0.15, -0.1) is 24.8 Å². The number of aliphatic carboxylic acids is 1. The van der Waals surface area contributed by atoms with Gasteiger partial charge in [0, 0.05) is 43.8 Å². The fraction of sp³-hybridized carbons (Fsp3) is 0.407. The first kappa shape index (κ1) is 33.0. The molecule has 5 heterocycles. The number of carbonyl (C=O) groups excluding carboxylic acids is 1. The third-order valence-electron chi connectivity index (χ3n) is 7.38. The van der Waals surface area contributed by atoms with Gasteiger partial charge >= 0.3 is 12.1 Å². The number of aromatic nitrogens is 4. The second-order valence-electron chi connectivity index (χ2n) is 9.95. The third kappa shape index (κ3) is 7.64. The van der Waals surface area contributed by atoms with E-state index in [0.29, 0.717) is 55.8 Å². The van der Waals surface area contributed by atoms with E-state index in [0.717, 1.165) is 5.56 Å². The molecule has 2 aliphatic rings. The number of anilines is 2. The Morgan fingerprint density at radius 2 is 1.69 bits per heavy atom. The van der Waals surface area contributed by atoms with Crippen molar-refractivity contribution in [2.24, 2.45) is 5.92 Å². The lowest BCUT2D eigenvalue weighted by molar-refractivity contribution is -0.177. The van der Waals surface area contributed by atoms with Crippen LogP contribution in [0.1, 0.15) is 41.7 Å². The standard InChI is InChI=1S/C27H28F3N7O3.2ClH/c28-27(29,30)22-2-1-9-37(22)16-19-12-23(33-13-20(19)17-3-7-31-8-4-17)35-25(38)21-14-34-24(15-32-21)36-10-5-18(6-11-36)26(39)40;;/h3-4,7-8,12-15,18,22H,1-2,5-6,9-11,16H2,(H,39,40)(H,33,35,38);2*1H/t22-;;/m0../s1. The lowest BCUT2D eigenvalue weighted by Crippen LogP contribution is -2.40. The number of piperidine rings is 1. The van der Waals surface area contributed by atoms with E-state index in [1.165, 1.54) is 23.5 Å². The smallest absolute Gasteiger partial charge is 0.404 e. The van der Waals surface area contributed by atoms with Crippen molar-refractivity contribution in [1.82, 2.24) is 24.8 Å². The van der Waals surface area contributed by atoms with Crippen LogP contribution in [0, 0.1) is 5.92 Å². The molecule has 0 bridgehead atoms. The highest BCUT2D eigenvalue weighted by molar-refractivity contribution is 6.02. The monoisotopic (exact) mass is 627 g/mol. The summed E-state index contributed by atoms with van der Waals surface area (Å²) in [6, 6.07) is 3.58. The van der Waals surface area contributed by atoms with Crippen LogP contribution in [0.3, 0.4) is 0 Å². The molecule has 15 heteroatoms. The van der Waals surface area contributed by atoms with Crippen LogP contribution in [0.25, 0.3) is 11.1 Å². The van der Waals surface area contributed by atoms with Gasteiger partial charge in [-0.05, 0) is 61.6 Å². The number of rotatable bonds is 7. The number of amides is 1. The maximum atomic E-state index is 13.6. The summed E-state index contributed by atoms with van der Waals surface area (Å²) >= 11 is 0. The highest BCUT2D eigenvalue weighted by atomic mass is 35.5. The number of hydrogen-bond acceptors (Lipinski definition) is 8. The molecule has 0 aromatic carbocycles. The normalized spacial score (nSPS) is 17.7. The van der Waals surface area contributed by atoms with Crippen LogP contribution in [0.2, 0.25) is 0 Å². The van der Waals surface area contributed by atoms with Crippen LogP contribution in [-0.2, 0) is 11.3 Å². The first-order valence-electron chi connectivity index (χ1n) is 13.0. The number of alkyl halides is 3. The van der Waals surface area contributed by atoms with Crippen LogP contribution < -0.4 is 10.2 Å². The Morgan fingerprint density at radius 3 is 2.31 bits per heavy atom. The molecule has 1 amide bonds. The molecular weight excluding hydrogens is 598 g/mol. The molecule has 3 aromatic rings. The SMILES string of the molecule is Cl.Cl.O=C(Nc1cc(CN2CCC[C@H]2C(F)(F)F)c(-c2ccncc2)cn1)c1cnc(N2CCC(C(=O)O)CC2)cn1. The van der Waals surface area contributed by atoms with Crippen LogP contribution in [0.4, 0.5) is 24.8 Å². The summed E-state index contributed by atoms with van der Waals surface area (Å²) in [5.41, 5.74) is 2.05. The zero-order valence-electron chi connectivity index (χ0n) is 22.3. The summed E-state index contributed by atoms with van der Waals surface area (Å²) in [5, 5.41) is 11.8. The van der Waals surface area contributed by atoms with Crippen LogP contribution in [-0.4, -0.2) is 73.7 Å². The Bertz CT molecular complexity index is 1360. The fourth-order valence-corrected chi connectivity index (χ4v) is 5.23. The Labute approximate surface area is 252 Å². The first-order chi connectivity index (χ1) is 19.2. The number of likely N-dealkylation sites (tertiary alicyclic amines) is 1. The number of carboxylic acid groups (broad SMARTS) is 1. The molecule has 0 spiro atoms. The maximum absolute atomic E-state index is 13.6. The van der Waals surface area contributed by atoms with Crippen LogP contribution in [0.15, 0.2) is 49.2 Å². The number of carboxylic acids is 1. The molecule has 0 unspecified atom stereocenters. The highest BCUT2D eigenvalue weighted by Crippen LogP contribution is 2.35. The summed E-state index contributed by atoms with van der Waals surface area (Å²) < 4.78 is 40.8. The summed E-state index contributed by atoms with van der Waals surface area (Å²) in [5.74, 6) is -1.01. The van der Waals surface area contributed by atoms with Crippen molar-refractivity contribution in [3.05, 3.63) is 60.4 Å². The van der Waals surface area contributed by atoms with Gasteiger partial charge in [-0.25, -0.2) is 15.0 Å². The molecule has 2 saturated heterocycles. The Hall–Kier alpha value is -3.55. The molecular formula is C27H30Cl2F3N7O3. The Morgan fingerprint density at radius 1 is 0.976 bits per heavy atom. The van der Waals surface area contributed by atoms with Gasteiger partial charge in [0.2, 0.25) is 0 Å². The van der Waals surface area contributed by atoms with E-state index in [2.05, 4.69) is 25.3 Å². The van der Waals surface area contributed by atoms with Gasteiger partial charge in [-0.2, -0.15) is 13.2 Å². The first-order valence-corrected chi connectivity index (χ1v) is 13.0. The van der Waals surface area contributed by atoms with Crippen molar-refractivity contribution >= 4 is 48.3 Å². The van der Waals surface area contributed by atoms with Crippen molar-refractivity contribution < 1.29 is 27.9 Å². The predicted octanol–water partition coefficient (Wildman–Crippen LogP) is 4.86. The summed E-state index contributed by atoms with van der Waals surface area (Å²) in [6.07, 6.45) is 4.71. The minimum absolute atomic E-state index is 0. The van der Waals surface area contributed by atoms with Crippen LogP contribution in [0.5, 0.6) is 0 Å². The second-order valence-corrected chi connectivity index (χ2v) is 9.95. The minimum atomic E-state index is -4.32. The number of carbonyl (C=O) groups is 2. The Balaban J connectivity index is 0.00000242. The van der Waals surface area contributed by atoms with E-state index in [9.17, 15) is 27.9 Å². The Kier molecular flexibility index (Phi) is 11.0. The van der Waals surface area contributed by atoms with Crippen molar-refractivity contribution in [3.63, 3.8) is 0 Å². The number of nitrogens with zero attached hydrogens (tertiary/aromatic N) is 6. The lowest BCUT2D eigenvalue weighted by atomic mass is 9.97. The molecule has 3 aromatic heterocycles. The van der Waals surface area contributed by atoms with E-state index < -0.39 is 24.1 Å². The maximum Gasteiger partial charge on any atom is 0.404 e. The predicted molar refractivity (Wildman–Crippen MR) is 154 cm³/mol. The number of hydrogen-bond donors (Lipinski definition) is 2. The quantitative estimate of drug-likeness (QED) is 0.378. The molecule has 226 valence electrons. The average Bonchev–Trinajstić information content (AvgIpc) is 3.43. The lowest BCUT2D eigenvalue weighted by Gasteiger charge is -2.30. The zero-order valence-corrected chi connectivity index (χ0v) is 24.0. The summed E-state index contributed by atoms with van der Waals surface area (Å²) in [4.78, 5) is 44.3. The second kappa shape index (κ2) is 14.1. The molecule has 1 atom stereocenters. The van der Waals surface area contributed by atoms with Gasteiger partial charge in [0.15, 0.2) is 0 Å². The molecule has 0 radical (unpaired) electrons. The van der Waals surface area contributed by atoms with Crippen molar-refractivity contribution in [2.45, 2.75) is 44.4 Å². The number of nitrogens with one attached hydrogen (secondary N) is 1. The fourth-order valence-electron chi connectivity index (χ4n) is 5.23. The highest BCUT2D eigenvalue weighted by Gasteiger charge is 2.45. The topological polar surface area (TPSA) is 124 Å². The van der Waals surface area contributed by atoms with Gasteiger partial charge < -0.3 is 15.3 Å². The van der Waals surface area contributed by atoms with Crippen LogP contribution >= 0.6 is 24.8 Å².